The van der Waals surface area contributed by atoms with Crippen LogP contribution in [-0.2, 0) is 4.79 Å². The largest absolute Gasteiger partial charge is 0.368 e. The number of benzene rings is 1. The molecule has 2 rings (SSSR count). The molecule has 0 bridgehead atoms. The SMILES string of the molecule is CN=C(NCCCN(C(C)C)C(C)C)NCC(=O)N1CCN(c2ccccc2)CC1. The van der Waals surface area contributed by atoms with Gasteiger partial charge in [-0.25, -0.2) is 0 Å². The van der Waals surface area contributed by atoms with Crippen LogP contribution >= 0.6 is 0 Å². The van der Waals surface area contributed by atoms with E-state index in [2.05, 4.69) is 77.4 Å². The van der Waals surface area contributed by atoms with Gasteiger partial charge in [0.2, 0.25) is 5.91 Å². The van der Waals surface area contributed by atoms with Crippen molar-refractivity contribution in [3.8, 4) is 0 Å². The fourth-order valence-electron chi connectivity index (χ4n) is 3.93. The first-order valence-electron chi connectivity index (χ1n) is 11.2. The van der Waals surface area contributed by atoms with Gasteiger partial charge in [0.1, 0.15) is 0 Å². The lowest BCUT2D eigenvalue weighted by molar-refractivity contribution is -0.130. The van der Waals surface area contributed by atoms with Crippen molar-refractivity contribution in [2.75, 3.05) is 57.8 Å². The molecule has 1 heterocycles. The number of anilines is 1. The fraction of sp³-hybridized carbons (Fsp3) is 0.652. The predicted octanol–water partition coefficient (Wildman–Crippen LogP) is 2.01. The molecular weight excluding hydrogens is 376 g/mol. The highest BCUT2D eigenvalue weighted by atomic mass is 16.2. The maximum Gasteiger partial charge on any atom is 0.242 e. The minimum Gasteiger partial charge on any atom is -0.368 e. The maximum absolute atomic E-state index is 12.6. The highest BCUT2D eigenvalue weighted by Crippen LogP contribution is 2.15. The standard InChI is InChI=1S/C23H40N6O/c1-19(2)29(20(3)4)13-9-12-25-23(24-5)26-18-22(30)28-16-14-27(15-17-28)21-10-7-6-8-11-21/h6-8,10-11,19-20H,9,12-18H2,1-5H3,(H2,24,25,26). The average Bonchev–Trinajstić information content (AvgIpc) is 2.75. The number of guanidine groups is 1. The number of nitrogens with zero attached hydrogens (tertiary/aromatic N) is 4. The molecule has 30 heavy (non-hydrogen) atoms. The third-order valence-corrected chi connectivity index (χ3v) is 5.60. The van der Waals surface area contributed by atoms with Crippen molar-refractivity contribution < 1.29 is 4.79 Å². The summed E-state index contributed by atoms with van der Waals surface area (Å²) >= 11 is 0. The summed E-state index contributed by atoms with van der Waals surface area (Å²) < 4.78 is 0. The summed E-state index contributed by atoms with van der Waals surface area (Å²) in [5.41, 5.74) is 1.22. The van der Waals surface area contributed by atoms with E-state index in [1.807, 2.05) is 11.0 Å². The van der Waals surface area contributed by atoms with E-state index in [4.69, 9.17) is 0 Å². The Morgan fingerprint density at radius 1 is 1.03 bits per heavy atom. The molecule has 0 radical (unpaired) electrons. The van der Waals surface area contributed by atoms with Crippen LogP contribution in [0, 0.1) is 0 Å². The van der Waals surface area contributed by atoms with Crippen LogP contribution in [0.5, 0.6) is 0 Å². The lowest BCUT2D eigenvalue weighted by Crippen LogP contribution is -2.52. The van der Waals surface area contributed by atoms with Crippen molar-refractivity contribution in [2.24, 2.45) is 4.99 Å². The third kappa shape index (κ3) is 7.52. The van der Waals surface area contributed by atoms with Crippen molar-refractivity contribution in [1.29, 1.82) is 0 Å². The second kappa shape index (κ2) is 12.4. The molecule has 0 unspecified atom stereocenters. The lowest BCUT2D eigenvalue weighted by atomic mass is 10.2. The van der Waals surface area contributed by atoms with E-state index in [0.717, 1.165) is 45.7 Å². The zero-order valence-corrected chi connectivity index (χ0v) is 19.4. The quantitative estimate of drug-likeness (QED) is 0.366. The summed E-state index contributed by atoms with van der Waals surface area (Å²) in [4.78, 5) is 23.6. The number of piperazine rings is 1. The van der Waals surface area contributed by atoms with Gasteiger partial charge >= 0.3 is 0 Å². The molecule has 0 atom stereocenters. The Balaban J connectivity index is 1.67. The number of nitrogens with one attached hydrogen (secondary N) is 2. The average molecular weight is 417 g/mol. The van der Waals surface area contributed by atoms with Gasteiger partial charge in [-0.1, -0.05) is 18.2 Å². The Bertz CT molecular complexity index is 645. The number of amides is 1. The first kappa shape index (κ1) is 24.0. The van der Waals surface area contributed by atoms with E-state index < -0.39 is 0 Å². The summed E-state index contributed by atoms with van der Waals surface area (Å²) in [6.07, 6.45) is 1.03. The van der Waals surface area contributed by atoms with Crippen LogP contribution < -0.4 is 15.5 Å². The monoisotopic (exact) mass is 416 g/mol. The van der Waals surface area contributed by atoms with E-state index in [1.54, 1.807) is 7.05 Å². The first-order valence-corrected chi connectivity index (χ1v) is 11.2. The van der Waals surface area contributed by atoms with Gasteiger partial charge in [0.05, 0.1) is 6.54 Å². The van der Waals surface area contributed by atoms with Crippen LogP contribution in [0.3, 0.4) is 0 Å². The Morgan fingerprint density at radius 2 is 1.67 bits per heavy atom. The molecular formula is C23H40N6O. The van der Waals surface area contributed by atoms with Gasteiger partial charge in [0, 0.05) is 64.1 Å². The number of rotatable bonds is 9. The molecule has 0 aromatic heterocycles. The van der Waals surface area contributed by atoms with Crippen molar-refractivity contribution in [1.82, 2.24) is 20.4 Å². The molecule has 7 nitrogen and oxygen atoms in total. The number of aliphatic imine (C=N–C) groups is 1. The second-order valence-electron chi connectivity index (χ2n) is 8.33. The smallest absolute Gasteiger partial charge is 0.242 e. The number of para-hydroxylation sites is 1. The molecule has 1 aliphatic rings. The van der Waals surface area contributed by atoms with Crippen LogP contribution in [0.25, 0.3) is 0 Å². The molecule has 2 N–H and O–H groups in total. The van der Waals surface area contributed by atoms with Crippen molar-refractivity contribution in [3.05, 3.63) is 30.3 Å². The molecule has 0 saturated carbocycles. The Kier molecular flexibility index (Phi) is 9.94. The first-order chi connectivity index (χ1) is 14.4. The van der Waals surface area contributed by atoms with Crippen LogP contribution in [0.1, 0.15) is 34.1 Å². The molecule has 1 amide bonds. The highest BCUT2D eigenvalue weighted by Gasteiger charge is 2.21. The van der Waals surface area contributed by atoms with Gasteiger partial charge < -0.3 is 20.4 Å². The Labute approximate surface area is 182 Å². The minimum absolute atomic E-state index is 0.122. The van der Waals surface area contributed by atoms with Gasteiger partial charge in [0.25, 0.3) is 0 Å². The Hall–Kier alpha value is -2.28. The summed E-state index contributed by atoms with van der Waals surface area (Å²) in [6.45, 7) is 14.3. The van der Waals surface area contributed by atoms with Crippen LogP contribution in [0.2, 0.25) is 0 Å². The van der Waals surface area contributed by atoms with Crippen LogP contribution in [-0.4, -0.2) is 86.6 Å². The molecule has 1 saturated heterocycles. The van der Waals surface area contributed by atoms with E-state index in [0.29, 0.717) is 18.0 Å². The zero-order valence-electron chi connectivity index (χ0n) is 19.4. The molecule has 0 aliphatic carbocycles. The van der Waals surface area contributed by atoms with Gasteiger partial charge in [-0.15, -0.1) is 0 Å². The minimum atomic E-state index is 0.122. The normalized spacial score (nSPS) is 15.3. The zero-order chi connectivity index (χ0) is 21.9. The third-order valence-electron chi connectivity index (χ3n) is 5.60. The topological polar surface area (TPSA) is 63.2 Å². The summed E-state index contributed by atoms with van der Waals surface area (Å²) in [5, 5.41) is 6.49. The molecule has 1 aromatic rings. The van der Waals surface area contributed by atoms with E-state index in [-0.39, 0.29) is 12.5 Å². The molecule has 7 heteroatoms. The van der Waals surface area contributed by atoms with Gasteiger partial charge in [0.15, 0.2) is 5.96 Å². The molecule has 1 aromatic carbocycles. The highest BCUT2D eigenvalue weighted by molar-refractivity contribution is 5.86. The Morgan fingerprint density at radius 3 is 2.23 bits per heavy atom. The van der Waals surface area contributed by atoms with Gasteiger partial charge in [-0.05, 0) is 46.2 Å². The number of carbonyl (C=O) groups is 1. The van der Waals surface area contributed by atoms with Crippen molar-refractivity contribution in [2.45, 2.75) is 46.2 Å². The second-order valence-corrected chi connectivity index (χ2v) is 8.33. The molecule has 168 valence electrons. The molecule has 0 spiro atoms. The molecule has 1 aliphatic heterocycles. The van der Waals surface area contributed by atoms with Crippen molar-refractivity contribution in [3.63, 3.8) is 0 Å². The van der Waals surface area contributed by atoms with Gasteiger partial charge in [-0.3, -0.25) is 14.7 Å². The van der Waals surface area contributed by atoms with Gasteiger partial charge in [-0.2, -0.15) is 0 Å². The lowest BCUT2D eigenvalue weighted by Gasteiger charge is -2.36. The summed E-state index contributed by atoms with van der Waals surface area (Å²) in [6, 6.07) is 11.5. The number of carbonyl (C=O) groups excluding carboxylic acids is 1. The maximum atomic E-state index is 12.6. The number of hydrogen-bond donors (Lipinski definition) is 2. The van der Waals surface area contributed by atoms with E-state index in [9.17, 15) is 4.79 Å². The molecule has 1 fully saturated rings. The fourth-order valence-corrected chi connectivity index (χ4v) is 3.93. The van der Waals surface area contributed by atoms with Crippen LogP contribution in [0.4, 0.5) is 5.69 Å². The summed E-state index contributed by atoms with van der Waals surface area (Å²) in [7, 11) is 1.74. The van der Waals surface area contributed by atoms with E-state index >= 15 is 0 Å². The predicted molar refractivity (Wildman–Crippen MR) is 126 cm³/mol. The number of hydrogen-bond acceptors (Lipinski definition) is 4. The summed E-state index contributed by atoms with van der Waals surface area (Å²) in [5.74, 6) is 0.809. The van der Waals surface area contributed by atoms with Crippen LogP contribution in [0.15, 0.2) is 35.3 Å². The van der Waals surface area contributed by atoms with Crippen molar-refractivity contribution >= 4 is 17.6 Å². The van der Waals surface area contributed by atoms with E-state index in [1.165, 1.54) is 5.69 Å².